The second-order valence-electron chi connectivity index (χ2n) is 10.1. The standard InChI is InChI=1S/C26H22.C15H16/c1-19-10-9-15-23-17-24(16-20(19)2)26(22-13-7-4-8-14-22)18-25(23)21-11-5-3-6-12-21;1-3-4-5-6-7-8-11-14(2)15-12-9-10-13-15/h3-15,18H,1-2,16-17H2;3-12H,1-2H3/b10-9-,23-15+;4-3+,6-5-,8-7-,14-11+. The summed E-state index contributed by atoms with van der Waals surface area (Å²) in [5.41, 5.74) is 15.6. The Morgan fingerprint density at radius 3 is 2.15 bits per heavy atom. The van der Waals surface area contributed by atoms with Gasteiger partial charge in [-0.05, 0) is 89.5 Å². The molecule has 0 atom stereocenters. The molecule has 2 aromatic carbocycles. The molecule has 41 heavy (non-hydrogen) atoms. The summed E-state index contributed by atoms with van der Waals surface area (Å²) in [4.78, 5) is 0. The molecule has 0 aromatic heterocycles. The molecule has 202 valence electrons. The molecule has 0 nitrogen and oxygen atoms in total. The Labute approximate surface area is 246 Å². The van der Waals surface area contributed by atoms with Crippen molar-refractivity contribution in [3.8, 4) is 0 Å². The molecule has 0 fully saturated rings. The molecule has 0 spiro atoms. The lowest BCUT2D eigenvalue weighted by atomic mass is 9.80. The van der Waals surface area contributed by atoms with E-state index in [0.29, 0.717) is 0 Å². The number of hydrogen-bond donors (Lipinski definition) is 0. The average molecular weight is 531 g/mol. The quantitative estimate of drug-likeness (QED) is 0.257. The van der Waals surface area contributed by atoms with Gasteiger partial charge in [-0.3, -0.25) is 0 Å². The summed E-state index contributed by atoms with van der Waals surface area (Å²) < 4.78 is 0. The van der Waals surface area contributed by atoms with E-state index < -0.39 is 0 Å². The van der Waals surface area contributed by atoms with E-state index in [9.17, 15) is 0 Å². The van der Waals surface area contributed by atoms with Gasteiger partial charge in [-0.1, -0.05) is 146 Å². The predicted molar refractivity (Wildman–Crippen MR) is 180 cm³/mol. The molecule has 2 bridgehead atoms. The highest BCUT2D eigenvalue weighted by Gasteiger charge is 2.21. The van der Waals surface area contributed by atoms with Gasteiger partial charge in [-0.2, -0.15) is 0 Å². The van der Waals surface area contributed by atoms with Gasteiger partial charge in [-0.15, -0.1) is 5.73 Å². The van der Waals surface area contributed by atoms with Crippen LogP contribution in [-0.2, 0) is 0 Å². The SMILES string of the molecule is C/C=C/C=C\C=C/C=C(\C)C1=C=CC=C1.C=C1/C=C\C=C2/CC(=C(c3ccccc3)C=C2c2ccccc2)CC1=C. The summed E-state index contributed by atoms with van der Waals surface area (Å²) in [5.74, 6) is 0. The van der Waals surface area contributed by atoms with E-state index in [2.05, 4.69) is 123 Å². The van der Waals surface area contributed by atoms with Crippen LogP contribution in [0.2, 0.25) is 0 Å². The van der Waals surface area contributed by atoms with E-state index in [4.69, 9.17) is 0 Å². The molecule has 0 unspecified atom stereocenters. The van der Waals surface area contributed by atoms with Crippen molar-refractivity contribution in [3.63, 3.8) is 0 Å². The third kappa shape index (κ3) is 8.29. The Hall–Kier alpha value is -4.90. The summed E-state index contributed by atoms with van der Waals surface area (Å²) >= 11 is 0. The zero-order valence-electron chi connectivity index (χ0n) is 24.2. The van der Waals surface area contributed by atoms with Crippen molar-refractivity contribution in [1.82, 2.24) is 0 Å². The molecule has 0 aliphatic heterocycles. The molecule has 3 aliphatic carbocycles. The molecule has 0 saturated carbocycles. The van der Waals surface area contributed by atoms with Crippen LogP contribution in [0.4, 0.5) is 0 Å². The van der Waals surface area contributed by atoms with Gasteiger partial charge in [0.15, 0.2) is 0 Å². The summed E-state index contributed by atoms with van der Waals surface area (Å²) in [5, 5.41) is 0. The van der Waals surface area contributed by atoms with Crippen molar-refractivity contribution < 1.29 is 0 Å². The first-order valence-corrected chi connectivity index (χ1v) is 14.1. The zero-order chi connectivity index (χ0) is 28.9. The lowest BCUT2D eigenvalue weighted by molar-refractivity contribution is 1.04. The molecule has 0 heterocycles. The van der Waals surface area contributed by atoms with Crippen molar-refractivity contribution in [2.45, 2.75) is 26.7 Å². The van der Waals surface area contributed by atoms with E-state index in [1.54, 1.807) is 0 Å². The Morgan fingerprint density at radius 2 is 1.46 bits per heavy atom. The number of benzene rings is 2. The maximum Gasteiger partial charge on any atom is 0.0194 e. The summed E-state index contributed by atoms with van der Waals surface area (Å²) in [6.45, 7) is 12.5. The number of allylic oxidation sites excluding steroid dienone is 21. The van der Waals surface area contributed by atoms with Gasteiger partial charge in [0, 0.05) is 5.57 Å². The van der Waals surface area contributed by atoms with Gasteiger partial charge in [0.2, 0.25) is 0 Å². The summed E-state index contributed by atoms with van der Waals surface area (Å²) in [6, 6.07) is 21.3. The first kappa shape index (κ1) is 29.1. The van der Waals surface area contributed by atoms with Crippen LogP contribution in [0.25, 0.3) is 11.1 Å². The molecular weight excluding hydrogens is 492 g/mol. The first-order chi connectivity index (χ1) is 20.1. The van der Waals surface area contributed by atoms with Crippen LogP contribution in [0.15, 0.2) is 198 Å². The van der Waals surface area contributed by atoms with E-state index in [1.807, 2.05) is 55.5 Å². The minimum atomic E-state index is 0.864. The van der Waals surface area contributed by atoms with Gasteiger partial charge >= 0.3 is 0 Å². The van der Waals surface area contributed by atoms with Gasteiger partial charge in [0.25, 0.3) is 0 Å². The molecule has 0 radical (unpaired) electrons. The Balaban J connectivity index is 0.000000221. The molecule has 5 rings (SSSR count). The fourth-order valence-electron chi connectivity index (χ4n) is 4.80. The van der Waals surface area contributed by atoms with Crippen molar-refractivity contribution in [2.24, 2.45) is 0 Å². The van der Waals surface area contributed by atoms with Crippen molar-refractivity contribution in [2.75, 3.05) is 0 Å². The van der Waals surface area contributed by atoms with Gasteiger partial charge < -0.3 is 0 Å². The number of hydrogen-bond acceptors (Lipinski definition) is 0. The maximum absolute atomic E-state index is 4.26. The number of fused-ring (bicyclic) bond motifs is 2. The van der Waals surface area contributed by atoms with E-state index >= 15 is 0 Å². The Morgan fingerprint density at radius 1 is 0.780 bits per heavy atom. The van der Waals surface area contributed by atoms with Crippen molar-refractivity contribution >= 4 is 11.1 Å². The average Bonchev–Trinajstić information content (AvgIpc) is 3.56. The topological polar surface area (TPSA) is 0 Å². The highest BCUT2D eigenvalue weighted by Crippen LogP contribution is 2.42. The predicted octanol–water partition coefficient (Wildman–Crippen LogP) is 11.2. The minimum Gasteiger partial charge on any atom is -0.113 e. The largest absolute Gasteiger partial charge is 0.113 e. The second-order valence-corrected chi connectivity index (χ2v) is 10.1. The number of rotatable bonds is 6. The molecule has 0 N–H and O–H groups in total. The smallest absolute Gasteiger partial charge is 0.0194 e. The van der Waals surface area contributed by atoms with E-state index in [-0.39, 0.29) is 0 Å². The van der Waals surface area contributed by atoms with E-state index in [0.717, 1.165) is 29.6 Å². The molecule has 2 aromatic rings. The third-order valence-electron chi connectivity index (χ3n) is 7.07. The lowest BCUT2D eigenvalue weighted by Gasteiger charge is -2.24. The molecule has 0 heteroatoms. The minimum absolute atomic E-state index is 0.864. The van der Waals surface area contributed by atoms with Gasteiger partial charge in [0.05, 0.1) is 0 Å². The van der Waals surface area contributed by atoms with E-state index in [1.165, 1.54) is 39.0 Å². The molecular formula is C41H38. The molecule has 0 amide bonds. The van der Waals surface area contributed by atoms with Gasteiger partial charge in [0.1, 0.15) is 0 Å². The van der Waals surface area contributed by atoms with Crippen LogP contribution < -0.4 is 0 Å². The fraction of sp³-hybridized carbons (Fsp3) is 0.0976. The van der Waals surface area contributed by atoms with Gasteiger partial charge in [-0.25, -0.2) is 0 Å². The van der Waals surface area contributed by atoms with Crippen LogP contribution in [0, 0.1) is 0 Å². The zero-order valence-corrected chi connectivity index (χ0v) is 24.2. The molecule has 3 aliphatic rings. The highest BCUT2D eigenvalue weighted by molar-refractivity contribution is 5.95. The van der Waals surface area contributed by atoms with Crippen molar-refractivity contribution in [1.29, 1.82) is 0 Å². The van der Waals surface area contributed by atoms with Crippen LogP contribution in [0.3, 0.4) is 0 Å². The maximum atomic E-state index is 4.26. The van der Waals surface area contributed by atoms with Crippen molar-refractivity contribution in [3.05, 3.63) is 209 Å². The van der Waals surface area contributed by atoms with Crippen LogP contribution in [0.1, 0.15) is 37.8 Å². The summed E-state index contributed by atoms with van der Waals surface area (Å²) in [6.07, 6.45) is 30.7. The third-order valence-corrected chi connectivity index (χ3v) is 7.07. The molecule has 0 saturated heterocycles. The summed E-state index contributed by atoms with van der Waals surface area (Å²) in [7, 11) is 0. The Kier molecular flexibility index (Phi) is 10.7. The lowest BCUT2D eigenvalue weighted by Crippen LogP contribution is -2.03. The fourth-order valence-corrected chi connectivity index (χ4v) is 4.80. The monoisotopic (exact) mass is 530 g/mol. The first-order valence-electron chi connectivity index (χ1n) is 14.1. The van der Waals surface area contributed by atoms with Crippen LogP contribution >= 0.6 is 0 Å². The highest BCUT2D eigenvalue weighted by atomic mass is 14.3. The normalized spacial score (nSPS) is 19.0. The Bertz CT molecular complexity index is 1610. The van der Waals surface area contributed by atoms with Crippen LogP contribution in [0.5, 0.6) is 0 Å². The van der Waals surface area contributed by atoms with Crippen LogP contribution in [-0.4, -0.2) is 0 Å². The second kappa shape index (κ2) is 15.0.